The fourth-order valence-electron chi connectivity index (χ4n) is 3.17. The summed E-state index contributed by atoms with van der Waals surface area (Å²) in [5.41, 5.74) is 2.44. The highest BCUT2D eigenvalue weighted by Gasteiger charge is 2.24. The van der Waals surface area contributed by atoms with Crippen molar-refractivity contribution in [3.05, 3.63) is 47.1 Å². The van der Waals surface area contributed by atoms with Crippen LogP contribution in [0.5, 0.6) is 0 Å². The Bertz CT molecular complexity index is 895. The van der Waals surface area contributed by atoms with Crippen molar-refractivity contribution in [1.29, 1.82) is 0 Å². The first-order chi connectivity index (χ1) is 12.5. The molecule has 0 fully saturated rings. The van der Waals surface area contributed by atoms with Gasteiger partial charge in [0.1, 0.15) is 6.10 Å². The Hall–Kier alpha value is -2.52. The molecule has 138 valence electrons. The molecule has 26 heavy (non-hydrogen) atoms. The van der Waals surface area contributed by atoms with E-state index in [1.807, 2.05) is 31.6 Å². The van der Waals surface area contributed by atoms with Crippen molar-refractivity contribution in [2.45, 2.75) is 45.5 Å². The highest BCUT2D eigenvalue weighted by Crippen LogP contribution is 2.24. The van der Waals surface area contributed by atoms with E-state index in [9.17, 15) is 5.11 Å². The van der Waals surface area contributed by atoms with Gasteiger partial charge in [0.15, 0.2) is 5.82 Å². The first kappa shape index (κ1) is 16.9. The van der Waals surface area contributed by atoms with Crippen molar-refractivity contribution in [2.24, 2.45) is 7.05 Å². The molecule has 0 saturated heterocycles. The molecule has 9 nitrogen and oxygen atoms in total. The molecule has 3 aromatic heterocycles. The van der Waals surface area contributed by atoms with Crippen LogP contribution in [0.3, 0.4) is 0 Å². The monoisotopic (exact) mass is 357 g/mol. The number of hydrogen-bond acceptors (Lipinski definition) is 7. The van der Waals surface area contributed by atoms with E-state index in [1.54, 1.807) is 16.9 Å². The van der Waals surface area contributed by atoms with Crippen LogP contribution < -0.4 is 0 Å². The van der Waals surface area contributed by atoms with E-state index in [-0.39, 0.29) is 5.92 Å². The molecule has 4 rings (SSSR count). The van der Waals surface area contributed by atoms with Crippen LogP contribution in [-0.2, 0) is 26.7 Å². The third-order valence-electron chi connectivity index (χ3n) is 4.67. The van der Waals surface area contributed by atoms with Gasteiger partial charge >= 0.3 is 0 Å². The average molecular weight is 357 g/mol. The van der Waals surface area contributed by atoms with Gasteiger partial charge in [-0.1, -0.05) is 19.0 Å². The molecule has 0 amide bonds. The number of fused-ring (bicyclic) bond motifs is 1. The lowest BCUT2D eigenvalue weighted by molar-refractivity contribution is 0.178. The second kappa shape index (κ2) is 6.65. The van der Waals surface area contributed by atoms with Gasteiger partial charge in [0.05, 0.1) is 30.2 Å². The summed E-state index contributed by atoms with van der Waals surface area (Å²) in [5.74, 6) is 1.63. The smallest absolute Gasteiger partial charge is 0.240 e. The average Bonchev–Trinajstić information content (AvgIpc) is 3.33. The summed E-state index contributed by atoms with van der Waals surface area (Å²) in [6.45, 7) is 7.04. The maximum Gasteiger partial charge on any atom is 0.240 e. The summed E-state index contributed by atoms with van der Waals surface area (Å²) in [6.07, 6.45) is 0.894. The molecule has 4 heterocycles. The maximum atomic E-state index is 10.6. The predicted molar refractivity (Wildman–Crippen MR) is 92.0 cm³/mol. The van der Waals surface area contributed by atoms with Crippen LogP contribution in [0.25, 0.3) is 0 Å². The fraction of sp³-hybridized carbons (Fsp3) is 0.529. The van der Waals surface area contributed by atoms with Crippen molar-refractivity contribution < 1.29 is 9.63 Å². The SMILES string of the molecule is CC(C)c1noc(CN2CCn3nc(C(O)c4ccnn4C)cc3C2)n1. The lowest BCUT2D eigenvalue weighted by atomic mass is 10.1. The number of aliphatic hydroxyl groups is 1. The van der Waals surface area contributed by atoms with Crippen LogP contribution in [0.2, 0.25) is 0 Å². The standard InChI is InChI=1S/C17H23N7O2/c1-11(2)17-19-15(26-21-17)10-23-6-7-24-12(9-23)8-13(20-24)16(25)14-4-5-18-22(14)3/h4-5,8,11,16,25H,6-7,9-10H2,1-3H3. The van der Waals surface area contributed by atoms with Gasteiger partial charge in [-0.25, -0.2) is 0 Å². The molecule has 1 aliphatic heterocycles. The van der Waals surface area contributed by atoms with Crippen molar-refractivity contribution in [3.8, 4) is 0 Å². The second-order valence-electron chi connectivity index (χ2n) is 6.98. The zero-order chi connectivity index (χ0) is 18.3. The fourth-order valence-corrected chi connectivity index (χ4v) is 3.17. The van der Waals surface area contributed by atoms with Crippen LogP contribution in [0.1, 0.15) is 54.7 Å². The zero-order valence-corrected chi connectivity index (χ0v) is 15.2. The van der Waals surface area contributed by atoms with Gasteiger partial charge in [-0.2, -0.15) is 15.2 Å². The van der Waals surface area contributed by atoms with E-state index >= 15 is 0 Å². The highest BCUT2D eigenvalue weighted by atomic mass is 16.5. The predicted octanol–water partition coefficient (Wildman–Crippen LogP) is 1.22. The van der Waals surface area contributed by atoms with E-state index in [1.165, 1.54) is 0 Å². The lowest BCUT2D eigenvalue weighted by Gasteiger charge is -2.25. The van der Waals surface area contributed by atoms with Gasteiger partial charge in [0, 0.05) is 32.3 Å². The van der Waals surface area contributed by atoms with E-state index < -0.39 is 6.10 Å². The third-order valence-corrected chi connectivity index (χ3v) is 4.67. The lowest BCUT2D eigenvalue weighted by Crippen LogP contribution is -2.33. The second-order valence-corrected chi connectivity index (χ2v) is 6.98. The van der Waals surface area contributed by atoms with Gasteiger partial charge in [0.2, 0.25) is 5.89 Å². The summed E-state index contributed by atoms with van der Waals surface area (Å²) in [6, 6.07) is 3.76. The Morgan fingerprint density at radius 2 is 2.15 bits per heavy atom. The number of aliphatic hydroxyl groups excluding tert-OH is 1. The number of aryl methyl sites for hydroxylation is 1. The van der Waals surface area contributed by atoms with Crippen molar-refractivity contribution in [3.63, 3.8) is 0 Å². The molecule has 0 spiro atoms. The Labute approximate surface area is 151 Å². The molecular weight excluding hydrogens is 334 g/mol. The first-order valence-electron chi connectivity index (χ1n) is 8.78. The molecule has 0 saturated carbocycles. The highest BCUT2D eigenvalue weighted by molar-refractivity contribution is 5.22. The number of rotatable bonds is 5. The molecule has 1 unspecified atom stereocenters. The van der Waals surface area contributed by atoms with Gasteiger partial charge in [0.25, 0.3) is 0 Å². The Kier molecular flexibility index (Phi) is 4.33. The summed E-state index contributed by atoms with van der Waals surface area (Å²) >= 11 is 0. The van der Waals surface area contributed by atoms with Crippen molar-refractivity contribution >= 4 is 0 Å². The Morgan fingerprint density at radius 3 is 2.85 bits per heavy atom. The quantitative estimate of drug-likeness (QED) is 0.733. The molecule has 0 aliphatic carbocycles. The van der Waals surface area contributed by atoms with Crippen LogP contribution in [0.4, 0.5) is 0 Å². The van der Waals surface area contributed by atoms with Crippen molar-refractivity contribution in [1.82, 2.24) is 34.6 Å². The molecule has 1 aliphatic rings. The van der Waals surface area contributed by atoms with Crippen LogP contribution in [-0.4, -0.2) is 46.3 Å². The molecule has 1 atom stereocenters. The van der Waals surface area contributed by atoms with Gasteiger partial charge in [-0.3, -0.25) is 14.3 Å². The maximum absolute atomic E-state index is 10.6. The molecule has 1 N–H and O–H groups in total. The molecule has 3 aromatic rings. The summed E-state index contributed by atoms with van der Waals surface area (Å²) in [4.78, 5) is 6.69. The minimum Gasteiger partial charge on any atom is -0.380 e. The van der Waals surface area contributed by atoms with E-state index in [0.717, 1.165) is 36.8 Å². The topological polar surface area (TPSA) is 98.0 Å². The van der Waals surface area contributed by atoms with Crippen LogP contribution in [0, 0.1) is 0 Å². The normalized spacial score (nSPS) is 16.2. The van der Waals surface area contributed by atoms with E-state index in [0.29, 0.717) is 18.1 Å². The summed E-state index contributed by atoms with van der Waals surface area (Å²) in [5, 5.41) is 23.3. The third kappa shape index (κ3) is 3.15. The van der Waals surface area contributed by atoms with Crippen LogP contribution >= 0.6 is 0 Å². The number of hydrogen-bond donors (Lipinski definition) is 1. The van der Waals surface area contributed by atoms with Crippen LogP contribution in [0.15, 0.2) is 22.9 Å². The first-order valence-corrected chi connectivity index (χ1v) is 8.78. The summed E-state index contributed by atoms with van der Waals surface area (Å²) in [7, 11) is 1.81. The molecule has 9 heteroatoms. The number of nitrogens with zero attached hydrogens (tertiary/aromatic N) is 7. The van der Waals surface area contributed by atoms with Gasteiger partial charge in [-0.15, -0.1) is 0 Å². The minimum atomic E-state index is -0.779. The summed E-state index contributed by atoms with van der Waals surface area (Å²) < 4.78 is 8.97. The minimum absolute atomic E-state index is 0.256. The van der Waals surface area contributed by atoms with E-state index in [4.69, 9.17) is 4.52 Å². The molecular formula is C17H23N7O2. The van der Waals surface area contributed by atoms with Gasteiger partial charge < -0.3 is 9.63 Å². The van der Waals surface area contributed by atoms with Crippen molar-refractivity contribution in [2.75, 3.05) is 6.54 Å². The van der Waals surface area contributed by atoms with E-state index in [2.05, 4.69) is 25.2 Å². The molecule has 0 aromatic carbocycles. The molecule has 0 radical (unpaired) electrons. The number of aromatic nitrogens is 6. The zero-order valence-electron chi connectivity index (χ0n) is 15.2. The Morgan fingerprint density at radius 1 is 1.31 bits per heavy atom. The molecule has 0 bridgehead atoms. The Balaban J connectivity index is 1.47. The largest absolute Gasteiger partial charge is 0.380 e. The van der Waals surface area contributed by atoms with Gasteiger partial charge in [-0.05, 0) is 12.1 Å².